The molecule has 0 spiro atoms. The molecular formula is C26H34N3NaO5. The molecule has 0 aliphatic carbocycles. The standard InChI is InChI=1S/C26H35N3O5.Na/c1-3-33-22-7-4-5-8-23(22)34-14-11-28-18(2)15-19-16-20-10-13-29(12-6-9-24(30)31)25(20)21(17-19)26(27)32;/h4-5,7-8,16-18,28H,3,6,9-15H2,1-2H3,(H2,27,32)(H,30,31);/q;+1/p-1. The molecule has 0 bridgehead atoms. The number of nitrogens with one attached hydrogen (secondary N) is 1. The van der Waals surface area contributed by atoms with Gasteiger partial charge in [0, 0.05) is 31.6 Å². The number of primary amides is 1. The Hall–Kier alpha value is -2.26. The number of amides is 1. The number of hydrogen-bond acceptors (Lipinski definition) is 7. The van der Waals surface area contributed by atoms with Gasteiger partial charge >= 0.3 is 29.6 Å². The number of carboxylic acid groups (broad SMARTS) is 1. The predicted molar refractivity (Wildman–Crippen MR) is 129 cm³/mol. The van der Waals surface area contributed by atoms with Crippen molar-refractivity contribution in [2.24, 2.45) is 5.73 Å². The first-order valence-electron chi connectivity index (χ1n) is 11.9. The predicted octanol–water partition coefficient (Wildman–Crippen LogP) is -1.32. The van der Waals surface area contributed by atoms with Crippen LogP contribution in [0, 0.1) is 0 Å². The Kier molecular flexibility index (Phi) is 11.9. The number of fused-ring (bicyclic) bond motifs is 1. The minimum Gasteiger partial charge on any atom is -0.550 e. The maximum absolute atomic E-state index is 12.2. The van der Waals surface area contributed by atoms with E-state index in [9.17, 15) is 14.7 Å². The Morgan fingerprint density at radius 1 is 1.20 bits per heavy atom. The Labute approximate surface area is 229 Å². The third kappa shape index (κ3) is 8.42. The zero-order chi connectivity index (χ0) is 24.5. The molecule has 1 unspecified atom stereocenters. The van der Waals surface area contributed by atoms with E-state index in [0.29, 0.717) is 38.3 Å². The molecule has 0 saturated carbocycles. The fourth-order valence-electron chi connectivity index (χ4n) is 4.37. The van der Waals surface area contributed by atoms with E-state index in [-0.39, 0.29) is 42.0 Å². The number of para-hydroxylation sites is 2. The number of carbonyl (C=O) groups is 2. The normalized spacial score (nSPS) is 13.0. The number of ether oxygens (including phenoxy) is 2. The quantitative estimate of drug-likeness (QED) is 0.249. The monoisotopic (exact) mass is 491 g/mol. The Morgan fingerprint density at radius 2 is 1.91 bits per heavy atom. The summed E-state index contributed by atoms with van der Waals surface area (Å²) < 4.78 is 11.5. The van der Waals surface area contributed by atoms with Crippen molar-refractivity contribution in [1.29, 1.82) is 0 Å². The van der Waals surface area contributed by atoms with Crippen molar-refractivity contribution in [3.63, 3.8) is 0 Å². The molecule has 3 rings (SSSR count). The summed E-state index contributed by atoms with van der Waals surface area (Å²) in [5.74, 6) is -0.0568. The molecule has 1 atom stereocenters. The van der Waals surface area contributed by atoms with E-state index in [1.165, 1.54) is 0 Å². The van der Waals surface area contributed by atoms with Gasteiger partial charge in [-0.3, -0.25) is 4.79 Å². The molecule has 35 heavy (non-hydrogen) atoms. The van der Waals surface area contributed by atoms with Crippen LogP contribution in [0.1, 0.15) is 48.2 Å². The molecular weight excluding hydrogens is 457 g/mol. The summed E-state index contributed by atoms with van der Waals surface area (Å²) in [5, 5.41) is 14.2. The first-order chi connectivity index (χ1) is 16.4. The third-order valence-corrected chi connectivity index (χ3v) is 5.83. The minimum atomic E-state index is -1.06. The molecule has 1 aliphatic rings. The van der Waals surface area contributed by atoms with Crippen LogP contribution in [0.4, 0.5) is 5.69 Å². The zero-order valence-electron chi connectivity index (χ0n) is 21.0. The Morgan fingerprint density at radius 3 is 2.57 bits per heavy atom. The van der Waals surface area contributed by atoms with Gasteiger partial charge in [0.05, 0.1) is 17.9 Å². The van der Waals surface area contributed by atoms with E-state index in [4.69, 9.17) is 15.2 Å². The van der Waals surface area contributed by atoms with E-state index in [1.807, 2.05) is 37.3 Å². The van der Waals surface area contributed by atoms with Crippen molar-refractivity contribution in [1.82, 2.24) is 5.32 Å². The summed E-state index contributed by atoms with van der Waals surface area (Å²) in [6.45, 7) is 7.11. The van der Waals surface area contributed by atoms with Gasteiger partial charge in [0.1, 0.15) is 6.61 Å². The van der Waals surface area contributed by atoms with E-state index >= 15 is 0 Å². The van der Waals surface area contributed by atoms with Crippen LogP contribution < -0.4 is 60.1 Å². The van der Waals surface area contributed by atoms with Gasteiger partial charge in [0.2, 0.25) is 0 Å². The number of benzene rings is 2. The summed E-state index contributed by atoms with van der Waals surface area (Å²) in [6, 6.07) is 11.8. The van der Waals surface area contributed by atoms with E-state index in [2.05, 4.69) is 23.2 Å². The molecule has 9 heteroatoms. The second-order valence-corrected chi connectivity index (χ2v) is 8.52. The number of aliphatic carboxylic acids is 1. The molecule has 3 N–H and O–H groups in total. The Balaban J connectivity index is 0.00000432. The average Bonchev–Trinajstić information content (AvgIpc) is 3.20. The third-order valence-electron chi connectivity index (χ3n) is 5.83. The van der Waals surface area contributed by atoms with Gasteiger partial charge in [-0.2, -0.15) is 0 Å². The number of rotatable bonds is 14. The van der Waals surface area contributed by atoms with Gasteiger partial charge in [0.25, 0.3) is 5.91 Å². The molecule has 8 nitrogen and oxygen atoms in total. The van der Waals surface area contributed by atoms with Crippen molar-refractivity contribution in [2.45, 2.75) is 45.6 Å². The maximum atomic E-state index is 12.2. The van der Waals surface area contributed by atoms with Gasteiger partial charge in [-0.25, -0.2) is 0 Å². The van der Waals surface area contributed by atoms with Crippen molar-refractivity contribution in [3.8, 4) is 11.5 Å². The van der Waals surface area contributed by atoms with Crippen LogP contribution in [0.3, 0.4) is 0 Å². The SMILES string of the molecule is CCOc1ccccc1OCCNC(C)Cc1cc2c(c(C(N)=O)c1)N(CCCC(=O)[O-])CC2.[Na+]. The van der Waals surface area contributed by atoms with Crippen LogP contribution in [0.5, 0.6) is 11.5 Å². The van der Waals surface area contributed by atoms with Crippen molar-refractivity contribution in [2.75, 3.05) is 37.7 Å². The summed E-state index contributed by atoms with van der Waals surface area (Å²) >= 11 is 0. The van der Waals surface area contributed by atoms with Crippen molar-refractivity contribution < 1.29 is 53.7 Å². The maximum Gasteiger partial charge on any atom is 1.00 e. The summed E-state index contributed by atoms with van der Waals surface area (Å²) in [4.78, 5) is 25.0. The van der Waals surface area contributed by atoms with Crippen LogP contribution in [-0.2, 0) is 17.6 Å². The van der Waals surface area contributed by atoms with Crippen molar-refractivity contribution >= 4 is 17.6 Å². The number of nitrogens with two attached hydrogens (primary N) is 1. The van der Waals surface area contributed by atoms with Gasteiger partial charge in [0.15, 0.2) is 11.5 Å². The van der Waals surface area contributed by atoms with E-state index in [1.54, 1.807) is 0 Å². The minimum absolute atomic E-state index is 0. The topological polar surface area (TPSA) is 117 Å². The second-order valence-electron chi connectivity index (χ2n) is 8.52. The number of carbonyl (C=O) groups excluding carboxylic acids is 2. The van der Waals surface area contributed by atoms with E-state index < -0.39 is 11.9 Å². The average molecular weight is 492 g/mol. The molecule has 0 aromatic heterocycles. The number of anilines is 1. The summed E-state index contributed by atoms with van der Waals surface area (Å²) in [7, 11) is 0. The molecule has 1 aliphatic heterocycles. The molecule has 0 saturated heterocycles. The molecule has 2 aromatic rings. The fraction of sp³-hybridized carbons (Fsp3) is 0.462. The van der Waals surface area contributed by atoms with Gasteiger partial charge in [-0.15, -0.1) is 0 Å². The van der Waals surface area contributed by atoms with Crippen molar-refractivity contribution in [3.05, 3.63) is 53.1 Å². The molecule has 0 radical (unpaired) electrons. The second kappa shape index (κ2) is 14.3. The van der Waals surface area contributed by atoms with Gasteiger partial charge < -0.3 is 35.3 Å². The number of hydrogen-bond donors (Lipinski definition) is 2. The van der Waals surface area contributed by atoms with Crippen LogP contribution in [0.25, 0.3) is 0 Å². The molecule has 184 valence electrons. The first kappa shape index (κ1) is 29.0. The smallest absolute Gasteiger partial charge is 0.550 e. The molecule has 2 aromatic carbocycles. The number of nitrogens with zero attached hydrogens (tertiary/aromatic N) is 1. The fourth-order valence-corrected chi connectivity index (χ4v) is 4.37. The van der Waals surface area contributed by atoms with E-state index in [0.717, 1.165) is 47.7 Å². The van der Waals surface area contributed by atoms with Gasteiger partial charge in [-0.1, -0.05) is 18.2 Å². The molecule has 1 heterocycles. The van der Waals surface area contributed by atoms with Gasteiger partial charge in [-0.05, 0) is 68.9 Å². The number of carboxylic acids is 1. The summed E-state index contributed by atoms with van der Waals surface area (Å²) in [5.41, 5.74) is 9.18. The molecule has 1 amide bonds. The first-order valence-corrected chi connectivity index (χ1v) is 11.9. The largest absolute Gasteiger partial charge is 1.00 e. The van der Waals surface area contributed by atoms with Crippen LogP contribution >= 0.6 is 0 Å². The zero-order valence-corrected chi connectivity index (χ0v) is 23.0. The van der Waals surface area contributed by atoms with Crippen LogP contribution in [0.15, 0.2) is 36.4 Å². The summed E-state index contributed by atoms with van der Waals surface area (Å²) in [6.07, 6.45) is 2.02. The van der Waals surface area contributed by atoms with Crippen LogP contribution in [0.2, 0.25) is 0 Å². The Bertz CT molecular complexity index is 1000. The molecule has 0 fully saturated rings. The van der Waals surface area contributed by atoms with Crippen LogP contribution in [-0.4, -0.2) is 50.8 Å².